The van der Waals surface area contributed by atoms with Crippen molar-refractivity contribution >= 4 is 0 Å². The predicted molar refractivity (Wildman–Crippen MR) is 80.2 cm³/mol. The minimum absolute atomic E-state index is 0.288. The highest BCUT2D eigenvalue weighted by Crippen LogP contribution is 2.06. The van der Waals surface area contributed by atoms with Gasteiger partial charge in [0.2, 0.25) is 0 Å². The fraction of sp³-hybridized carbons (Fsp3) is 0.533. The summed E-state index contributed by atoms with van der Waals surface area (Å²) < 4.78 is 1.92. The normalized spacial score (nSPS) is 11.1. The van der Waals surface area contributed by atoms with Crippen molar-refractivity contribution in [2.75, 3.05) is 13.2 Å². The number of aromatic nitrogens is 4. The van der Waals surface area contributed by atoms with Crippen molar-refractivity contribution < 1.29 is 5.11 Å². The number of aliphatic hydroxyl groups excluding tert-OH is 1. The van der Waals surface area contributed by atoms with E-state index in [0.29, 0.717) is 0 Å². The van der Waals surface area contributed by atoms with E-state index >= 15 is 0 Å². The molecule has 0 aromatic carbocycles. The van der Waals surface area contributed by atoms with Gasteiger partial charge in [-0.2, -0.15) is 5.10 Å². The maximum absolute atomic E-state index is 8.80. The molecule has 0 atom stereocenters. The lowest BCUT2D eigenvalue weighted by molar-refractivity contribution is 0.191. The molecule has 0 saturated carbocycles. The third-order valence-corrected chi connectivity index (χ3v) is 3.29. The molecule has 0 amide bonds. The summed E-state index contributed by atoms with van der Waals surface area (Å²) in [5, 5.41) is 13.1. The van der Waals surface area contributed by atoms with E-state index in [9.17, 15) is 0 Å². The summed E-state index contributed by atoms with van der Waals surface area (Å²) in [4.78, 5) is 10.8. The van der Waals surface area contributed by atoms with Crippen LogP contribution in [0.5, 0.6) is 0 Å². The predicted octanol–water partition coefficient (Wildman–Crippen LogP) is 1.69. The SMILES string of the molecule is OCCCCCCN(Cc1cnccn1)Cn1cccn1. The molecule has 2 rings (SSSR count). The molecule has 2 heterocycles. The third-order valence-electron chi connectivity index (χ3n) is 3.29. The monoisotopic (exact) mass is 289 g/mol. The van der Waals surface area contributed by atoms with E-state index in [0.717, 1.165) is 51.1 Å². The van der Waals surface area contributed by atoms with Crippen molar-refractivity contribution in [3.8, 4) is 0 Å². The molecule has 0 aliphatic rings. The van der Waals surface area contributed by atoms with Gasteiger partial charge in [-0.1, -0.05) is 12.8 Å². The van der Waals surface area contributed by atoms with E-state index in [4.69, 9.17) is 5.11 Å². The molecule has 114 valence electrons. The highest BCUT2D eigenvalue weighted by Gasteiger charge is 2.08. The van der Waals surface area contributed by atoms with Crippen molar-refractivity contribution in [1.82, 2.24) is 24.6 Å². The molecule has 0 fully saturated rings. The van der Waals surface area contributed by atoms with Crippen LogP contribution in [0.2, 0.25) is 0 Å². The first-order chi connectivity index (χ1) is 10.4. The first-order valence-corrected chi connectivity index (χ1v) is 7.44. The summed E-state index contributed by atoms with van der Waals surface area (Å²) in [5.74, 6) is 0. The summed E-state index contributed by atoms with van der Waals surface area (Å²) >= 11 is 0. The van der Waals surface area contributed by atoms with Crippen LogP contribution in [-0.4, -0.2) is 42.9 Å². The molecular weight excluding hydrogens is 266 g/mol. The van der Waals surface area contributed by atoms with Crippen LogP contribution >= 0.6 is 0 Å². The first kappa shape index (κ1) is 15.6. The molecule has 6 heteroatoms. The number of unbranched alkanes of at least 4 members (excludes halogenated alkanes) is 3. The Morgan fingerprint density at radius 1 is 1.10 bits per heavy atom. The summed E-state index contributed by atoms with van der Waals surface area (Å²) in [5.41, 5.74) is 0.972. The van der Waals surface area contributed by atoms with Gasteiger partial charge in [0.25, 0.3) is 0 Å². The average Bonchev–Trinajstić information content (AvgIpc) is 3.01. The van der Waals surface area contributed by atoms with Gasteiger partial charge in [0.05, 0.1) is 12.4 Å². The number of nitrogens with zero attached hydrogens (tertiary/aromatic N) is 5. The van der Waals surface area contributed by atoms with Crippen LogP contribution < -0.4 is 0 Å². The fourth-order valence-corrected chi connectivity index (χ4v) is 2.23. The summed E-state index contributed by atoms with van der Waals surface area (Å²) in [6, 6.07) is 1.93. The van der Waals surface area contributed by atoms with Gasteiger partial charge in [-0.3, -0.25) is 19.5 Å². The maximum atomic E-state index is 8.80. The number of hydrogen-bond acceptors (Lipinski definition) is 5. The van der Waals surface area contributed by atoms with Crippen molar-refractivity contribution in [3.63, 3.8) is 0 Å². The minimum atomic E-state index is 0.288. The Morgan fingerprint density at radius 2 is 2.00 bits per heavy atom. The molecular formula is C15H23N5O. The van der Waals surface area contributed by atoms with Gasteiger partial charge in [0.1, 0.15) is 0 Å². The molecule has 0 aliphatic heterocycles. The lowest BCUT2D eigenvalue weighted by atomic mass is 10.2. The Morgan fingerprint density at radius 3 is 2.71 bits per heavy atom. The molecule has 2 aromatic heterocycles. The Kier molecular flexibility index (Phi) is 6.83. The molecule has 0 unspecified atom stereocenters. The Labute approximate surface area is 125 Å². The third kappa shape index (κ3) is 6.01. The van der Waals surface area contributed by atoms with Crippen molar-refractivity contribution in [2.24, 2.45) is 0 Å². The lowest BCUT2D eigenvalue weighted by Gasteiger charge is -2.21. The van der Waals surface area contributed by atoms with E-state index < -0.39 is 0 Å². The standard InChI is InChI=1S/C15H23N5O/c21-11-4-2-1-3-9-19(14-20-10-5-6-18-20)13-15-12-16-7-8-17-15/h5-8,10,12,21H,1-4,9,11,13-14H2. The van der Waals surface area contributed by atoms with E-state index in [1.54, 1.807) is 18.6 Å². The number of aliphatic hydroxyl groups is 1. The van der Waals surface area contributed by atoms with Crippen LogP contribution in [0.1, 0.15) is 31.4 Å². The van der Waals surface area contributed by atoms with Gasteiger partial charge in [0, 0.05) is 50.7 Å². The quantitative estimate of drug-likeness (QED) is 0.674. The van der Waals surface area contributed by atoms with Gasteiger partial charge in [0.15, 0.2) is 0 Å². The molecule has 21 heavy (non-hydrogen) atoms. The molecule has 0 saturated heterocycles. The highest BCUT2D eigenvalue weighted by molar-refractivity contribution is 4.94. The molecule has 1 N–H and O–H groups in total. The zero-order valence-electron chi connectivity index (χ0n) is 12.3. The van der Waals surface area contributed by atoms with Gasteiger partial charge in [-0.25, -0.2) is 0 Å². The molecule has 0 bridgehead atoms. The van der Waals surface area contributed by atoms with E-state index in [-0.39, 0.29) is 6.61 Å². The van der Waals surface area contributed by atoms with Crippen LogP contribution in [0.25, 0.3) is 0 Å². The van der Waals surface area contributed by atoms with Crippen LogP contribution in [-0.2, 0) is 13.2 Å². The van der Waals surface area contributed by atoms with Crippen LogP contribution in [0.3, 0.4) is 0 Å². The van der Waals surface area contributed by atoms with E-state index in [2.05, 4.69) is 20.0 Å². The zero-order chi connectivity index (χ0) is 14.8. The Hall–Kier alpha value is -1.79. The van der Waals surface area contributed by atoms with Crippen LogP contribution in [0.4, 0.5) is 0 Å². The number of hydrogen-bond donors (Lipinski definition) is 1. The van der Waals surface area contributed by atoms with Crippen molar-refractivity contribution in [1.29, 1.82) is 0 Å². The Balaban J connectivity index is 1.84. The van der Waals surface area contributed by atoms with Gasteiger partial charge >= 0.3 is 0 Å². The molecule has 2 aromatic rings. The maximum Gasteiger partial charge on any atom is 0.0932 e. The second-order valence-electron chi connectivity index (χ2n) is 5.07. The van der Waals surface area contributed by atoms with Gasteiger partial charge in [-0.05, 0) is 18.9 Å². The molecule has 0 aliphatic carbocycles. The highest BCUT2D eigenvalue weighted by atomic mass is 16.2. The largest absolute Gasteiger partial charge is 0.396 e. The summed E-state index contributed by atoms with van der Waals surface area (Å²) in [6.45, 7) is 2.80. The second kappa shape index (κ2) is 9.20. The topological polar surface area (TPSA) is 67.1 Å². The van der Waals surface area contributed by atoms with Crippen molar-refractivity contribution in [3.05, 3.63) is 42.7 Å². The van der Waals surface area contributed by atoms with E-state index in [1.165, 1.54) is 0 Å². The molecule has 0 spiro atoms. The smallest absolute Gasteiger partial charge is 0.0932 e. The Bertz CT molecular complexity index is 474. The first-order valence-electron chi connectivity index (χ1n) is 7.44. The molecule has 6 nitrogen and oxygen atoms in total. The number of rotatable bonds is 10. The van der Waals surface area contributed by atoms with Crippen molar-refractivity contribution in [2.45, 2.75) is 38.9 Å². The second-order valence-corrected chi connectivity index (χ2v) is 5.07. The summed E-state index contributed by atoms with van der Waals surface area (Å²) in [7, 11) is 0. The average molecular weight is 289 g/mol. The summed E-state index contributed by atoms with van der Waals surface area (Å²) in [6.07, 6.45) is 13.2. The fourth-order valence-electron chi connectivity index (χ4n) is 2.23. The zero-order valence-corrected chi connectivity index (χ0v) is 12.3. The lowest BCUT2D eigenvalue weighted by Crippen LogP contribution is -2.28. The van der Waals surface area contributed by atoms with Crippen LogP contribution in [0.15, 0.2) is 37.1 Å². The van der Waals surface area contributed by atoms with Gasteiger partial charge < -0.3 is 5.11 Å². The van der Waals surface area contributed by atoms with E-state index in [1.807, 2.05) is 23.1 Å². The minimum Gasteiger partial charge on any atom is -0.396 e. The van der Waals surface area contributed by atoms with Crippen LogP contribution in [0, 0.1) is 0 Å². The van der Waals surface area contributed by atoms with Gasteiger partial charge in [-0.15, -0.1) is 0 Å². The molecule has 0 radical (unpaired) electrons.